The molecule has 138 valence electrons. The Labute approximate surface area is 149 Å². The highest BCUT2D eigenvalue weighted by Gasteiger charge is 2.45. The third kappa shape index (κ3) is 4.14. The van der Waals surface area contributed by atoms with Crippen LogP contribution in [0.4, 0.5) is 9.18 Å². The molecule has 1 aromatic rings. The van der Waals surface area contributed by atoms with Crippen LogP contribution in [0, 0.1) is 11.2 Å². The summed E-state index contributed by atoms with van der Waals surface area (Å²) >= 11 is 0. The molecule has 0 unspecified atom stereocenters. The van der Waals surface area contributed by atoms with Crippen LogP contribution in [0.3, 0.4) is 0 Å². The van der Waals surface area contributed by atoms with Gasteiger partial charge in [-0.15, -0.1) is 0 Å². The van der Waals surface area contributed by atoms with E-state index in [1.54, 1.807) is 0 Å². The Morgan fingerprint density at radius 1 is 1.20 bits per heavy atom. The van der Waals surface area contributed by atoms with Crippen LogP contribution in [0.1, 0.15) is 51.5 Å². The van der Waals surface area contributed by atoms with E-state index in [9.17, 15) is 9.18 Å². The van der Waals surface area contributed by atoms with Crippen molar-refractivity contribution < 1.29 is 13.9 Å². The van der Waals surface area contributed by atoms with E-state index in [0.717, 1.165) is 44.5 Å². The molecule has 2 heterocycles. The zero-order valence-electron chi connectivity index (χ0n) is 15.5. The predicted molar refractivity (Wildman–Crippen MR) is 96.1 cm³/mol. The molecule has 1 spiro atoms. The molecule has 1 N–H and O–H groups in total. The van der Waals surface area contributed by atoms with Gasteiger partial charge in [-0.05, 0) is 76.2 Å². The quantitative estimate of drug-likeness (QED) is 0.836. The van der Waals surface area contributed by atoms with Crippen LogP contribution in [0.15, 0.2) is 24.3 Å². The standard InChI is InChI=1S/C20H29FN2O2/c1-19(2,3)25-18(24)23-13-10-20(8-11-22-12-9-20)17(14-23)15-4-6-16(21)7-5-15/h4-7,17,22H,8-14H2,1-3H3/t17-/m1/s1. The summed E-state index contributed by atoms with van der Waals surface area (Å²) in [4.78, 5) is 14.4. The molecule has 3 rings (SSSR count). The first-order valence-electron chi connectivity index (χ1n) is 9.23. The Morgan fingerprint density at radius 3 is 2.44 bits per heavy atom. The number of nitrogens with one attached hydrogen (secondary N) is 1. The summed E-state index contributed by atoms with van der Waals surface area (Å²) in [5.41, 5.74) is 0.810. The molecular weight excluding hydrogens is 319 g/mol. The summed E-state index contributed by atoms with van der Waals surface area (Å²) in [7, 11) is 0. The van der Waals surface area contributed by atoms with Gasteiger partial charge in [0.15, 0.2) is 0 Å². The third-order valence-corrected chi connectivity index (χ3v) is 5.55. The van der Waals surface area contributed by atoms with E-state index in [-0.39, 0.29) is 23.2 Å². The van der Waals surface area contributed by atoms with E-state index in [1.165, 1.54) is 12.1 Å². The highest BCUT2D eigenvalue weighted by Crippen LogP contribution is 2.49. The first-order chi connectivity index (χ1) is 11.8. The number of hydrogen-bond acceptors (Lipinski definition) is 3. The Kier molecular flexibility index (Phi) is 5.05. The summed E-state index contributed by atoms with van der Waals surface area (Å²) in [5.74, 6) is -0.000568. The summed E-state index contributed by atoms with van der Waals surface area (Å²) in [5, 5.41) is 3.44. The van der Waals surface area contributed by atoms with Crippen LogP contribution in [-0.2, 0) is 4.74 Å². The highest BCUT2D eigenvalue weighted by molar-refractivity contribution is 5.68. The Bertz CT molecular complexity index is 603. The molecule has 0 radical (unpaired) electrons. The number of likely N-dealkylation sites (tertiary alicyclic amines) is 1. The number of carbonyl (C=O) groups excluding carboxylic acids is 1. The van der Waals surface area contributed by atoms with Crippen molar-refractivity contribution in [2.45, 2.75) is 51.6 Å². The lowest BCUT2D eigenvalue weighted by atomic mass is 9.62. The number of hydrogen-bond donors (Lipinski definition) is 1. The van der Waals surface area contributed by atoms with E-state index < -0.39 is 5.60 Å². The van der Waals surface area contributed by atoms with Gasteiger partial charge in [0, 0.05) is 19.0 Å². The lowest BCUT2D eigenvalue weighted by Crippen LogP contribution is -2.52. The van der Waals surface area contributed by atoms with Crippen molar-refractivity contribution in [3.8, 4) is 0 Å². The van der Waals surface area contributed by atoms with Crippen molar-refractivity contribution in [1.29, 1.82) is 0 Å². The Balaban J connectivity index is 1.84. The number of rotatable bonds is 1. The first kappa shape index (κ1) is 18.2. The zero-order valence-corrected chi connectivity index (χ0v) is 15.5. The predicted octanol–water partition coefficient (Wildman–Crippen LogP) is 3.92. The van der Waals surface area contributed by atoms with E-state index >= 15 is 0 Å². The zero-order chi connectivity index (χ0) is 18.1. The molecular formula is C20H29FN2O2. The lowest BCUT2D eigenvalue weighted by Gasteiger charge is -2.50. The number of halogens is 1. The highest BCUT2D eigenvalue weighted by atomic mass is 19.1. The first-order valence-corrected chi connectivity index (χ1v) is 9.23. The summed E-state index contributed by atoms with van der Waals surface area (Å²) in [6.45, 7) is 9.04. The fourth-order valence-corrected chi connectivity index (χ4v) is 4.21. The molecule has 4 nitrogen and oxygen atoms in total. The number of benzene rings is 1. The van der Waals surface area contributed by atoms with E-state index in [4.69, 9.17) is 4.74 Å². The van der Waals surface area contributed by atoms with Gasteiger partial charge in [0.2, 0.25) is 0 Å². The molecule has 1 atom stereocenters. The smallest absolute Gasteiger partial charge is 0.410 e. The van der Waals surface area contributed by atoms with Gasteiger partial charge >= 0.3 is 6.09 Å². The molecule has 2 fully saturated rings. The van der Waals surface area contributed by atoms with Gasteiger partial charge in [0.1, 0.15) is 11.4 Å². The van der Waals surface area contributed by atoms with Crippen LogP contribution in [0.2, 0.25) is 0 Å². The van der Waals surface area contributed by atoms with Gasteiger partial charge in [-0.1, -0.05) is 12.1 Å². The molecule has 2 aliphatic heterocycles. The fourth-order valence-electron chi connectivity index (χ4n) is 4.21. The second-order valence-corrected chi connectivity index (χ2v) is 8.39. The summed E-state index contributed by atoms with van der Waals surface area (Å²) in [6, 6.07) is 6.80. The van der Waals surface area contributed by atoms with Crippen LogP contribution in [-0.4, -0.2) is 42.8 Å². The van der Waals surface area contributed by atoms with Crippen molar-refractivity contribution in [2.24, 2.45) is 5.41 Å². The van der Waals surface area contributed by atoms with E-state index in [0.29, 0.717) is 6.54 Å². The van der Waals surface area contributed by atoms with Gasteiger partial charge < -0.3 is 15.0 Å². The van der Waals surface area contributed by atoms with Crippen molar-refractivity contribution in [3.63, 3.8) is 0 Å². The number of carbonyl (C=O) groups is 1. The van der Waals surface area contributed by atoms with Crippen molar-refractivity contribution >= 4 is 6.09 Å². The molecule has 25 heavy (non-hydrogen) atoms. The monoisotopic (exact) mass is 348 g/mol. The minimum absolute atomic E-state index is 0.182. The molecule has 0 aliphatic carbocycles. The van der Waals surface area contributed by atoms with Gasteiger partial charge in [-0.25, -0.2) is 9.18 Å². The second-order valence-electron chi connectivity index (χ2n) is 8.39. The average molecular weight is 348 g/mol. The van der Waals surface area contributed by atoms with Crippen LogP contribution in [0.5, 0.6) is 0 Å². The molecule has 1 aromatic carbocycles. The maximum absolute atomic E-state index is 13.4. The molecule has 0 aromatic heterocycles. The number of nitrogens with zero attached hydrogens (tertiary/aromatic N) is 1. The maximum Gasteiger partial charge on any atom is 0.410 e. The van der Waals surface area contributed by atoms with Crippen molar-refractivity contribution in [1.82, 2.24) is 10.2 Å². The van der Waals surface area contributed by atoms with Crippen LogP contribution < -0.4 is 5.32 Å². The molecule has 5 heteroatoms. The molecule has 2 aliphatic rings. The number of amides is 1. The van der Waals surface area contributed by atoms with Gasteiger partial charge in [0.25, 0.3) is 0 Å². The molecule has 0 saturated carbocycles. The Hall–Kier alpha value is -1.62. The maximum atomic E-state index is 13.4. The van der Waals surface area contributed by atoms with E-state index in [2.05, 4.69) is 5.32 Å². The third-order valence-electron chi connectivity index (χ3n) is 5.55. The largest absolute Gasteiger partial charge is 0.444 e. The van der Waals surface area contributed by atoms with Crippen molar-refractivity contribution in [3.05, 3.63) is 35.6 Å². The SMILES string of the molecule is CC(C)(C)OC(=O)N1CCC2(CCNCC2)[C@@H](c2ccc(F)cc2)C1. The van der Waals surface area contributed by atoms with Crippen LogP contribution in [0.25, 0.3) is 0 Å². The minimum atomic E-state index is -0.494. The molecule has 2 saturated heterocycles. The topological polar surface area (TPSA) is 41.6 Å². The number of ether oxygens (including phenoxy) is 1. The normalized spacial score (nSPS) is 23.5. The van der Waals surface area contributed by atoms with Gasteiger partial charge in [0.05, 0.1) is 0 Å². The lowest BCUT2D eigenvalue weighted by molar-refractivity contribution is -0.00240. The van der Waals surface area contributed by atoms with E-state index in [1.807, 2.05) is 37.8 Å². The average Bonchev–Trinajstić information content (AvgIpc) is 2.55. The summed E-state index contributed by atoms with van der Waals surface area (Å²) in [6.07, 6.45) is 2.91. The molecule has 1 amide bonds. The Morgan fingerprint density at radius 2 is 1.84 bits per heavy atom. The van der Waals surface area contributed by atoms with Gasteiger partial charge in [-0.3, -0.25) is 0 Å². The second kappa shape index (κ2) is 6.94. The number of piperidine rings is 2. The fraction of sp³-hybridized carbons (Fsp3) is 0.650. The van der Waals surface area contributed by atoms with Crippen molar-refractivity contribution in [2.75, 3.05) is 26.2 Å². The molecule has 0 bridgehead atoms. The summed E-state index contributed by atoms with van der Waals surface area (Å²) < 4.78 is 19.0. The van der Waals surface area contributed by atoms with Crippen LogP contribution >= 0.6 is 0 Å². The van der Waals surface area contributed by atoms with Gasteiger partial charge in [-0.2, -0.15) is 0 Å². The minimum Gasteiger partial charge on any atom is -0.444 e.